The highest BCUT2D eigenvalue weighted by Crippen LogP contribution is 2.30. The fourth-order valence-electron chi connectivity index (χ4n) is 3.90. The third kappa shape index (κ3) is 2.82. The maximum absolute atomic E-state index is 12.8. The van der Waals surface area contributed by atoms with Crippen LogP contribution in [-0.2, 0) is 0 Å². The summed E-state index contributed by atoms with van der Waals surface area (Å²) in [6.45, 7) is 6.39. The molecule has 1 saturated carbocycles. The number of pyridine rings is 1. The number of hydrogen-bond donors (Lipinski definition) is 1. The predicted octanol–water partition coefficient (Wildman–Crippen LogP) is 3.77. The van der Waals surface area contributed by atoms with Gasteiger partial charge in [0, 0.05) is 12.2 Å². The summed E-state index contributed by atoms with van der Waals surface area (Å²) in [6, 6.07) is 5.66. The van der Waals surface area contributed by atoms with E-state index >= 15 is 0 Å². The van der Waals surface area contributed by atoms with Crippen LogP contribution < -0.4 is 10.9 Å². The Morgan fingerprint density at radius 1 is 1.35 bits per heavy atom. The van der Waals surface area contributed by atoms with Crippen molar-refractivity contribution in [3.8, 4) is 0 Å². The number of rotatable bonds is 2. The number of amides is 1. The van der Waals surface area contributed by atoms with E-state index in [-0.39, 0.29) is 17.5 Å². The van der Waals surface area contributed by atoms with Crippen LogP contribution in [0.5, 0.6) is 0 Å². The van der Waals surface area contributed by atoms with Gasteiger partial charge < -0.3 is 5.32 Å². The summed E-state index contributed by atoms with van der Waals surface area (Å²) in [5, 5.41) is 3.69. The zero-order chi connectivity index (χ0) is 18.4. The summed E-state index contributed by atoms with van der Waals surface area (Å²) in [4.78, 5) is 31.3. The molecule has 0 spiro atoms. The lowest BCUT2D eigenvalue weighted by molar-refractivity contribution is 0.0895. The zero-order valence-electron chi connectivity index (χ0n) is 15.3. The summed E-state index contributed by atoms with van der Waals surface area (Å²) >= 11 is 1.30. The van der Waals surface area contributed by atoms with Crippen molar-refractivity contribution in [2.24, 2.45) is 11.8 Å². The first kappa shape index (κ1) is 17.2. The molecule has 0 aromatic carbocycles. The highest BCUT2D eigenvalue weighted by molar-refractivity contribution is 7.20. The predicted molar refractivity (Wildman–Crippen MR) is 105 cm³/mol. The van der Waals surface area contributed by atoms with Crippen LogP contribution in [0.4, 0.5) is 0 Å². The van der Waals surface area contributed by atoms with Crippen molar-refractivity contribution in [1.29, 1.82) is 0 Å². The molecule has 1 amide bonds. The number of nitrogens with one attached hydrogen (secondary N) is 1. The van der Waals surface area contributed by atoms with Gasteiger partial charge in [0.1, 0.15) is 10.5 Å². The van der Waals surface area contributed by atoms with E-state index in [2.05, 4.69) is 24.1 Å². The average molecular weight is 369 g/mol. The number of fused-ring (bicyclic) bond motifs is 2. The number of nitrogens with zero attached hydrogens (tertiary/aromatic N) is 2. The van der Waals surface area contributed by atoms with Crippen LogP contribution in [0.2, 0.25) is 0 Å². The van der Waals surface area contributed by atoms with Crippen LogP contribution in [0.15, 0.2) is 29.2 Å². The lowest BCUT2D eigenvalue weighted by atomic mass is 9.78. The standard InChI is InChI=1S/C20H23N3O2S/c1-11-6-4-8-15(13(11)3)21-18(24)16-10-14-19(26-16)22-17-12(2)7-5-9-23(17)20(14)25/h5,7,9-11,13,15H,4,6,8H2,1-3H3,(H,21,24)/t11-,13+,15-/m1/s1. The fourth-order valence-corrected chi connectivity index (χ4v) is 4.82. The molecule has 1 aliphatic carbocycles. The maximum Gasteiger partial charge on any atom is 0.266 e. The van der Waals surface area contributed by atoms with Crippen LogP contribution in [-0.4, -0.2) is 21.3 Å². The second-order valence-electron chi connectivity index (χ2n) is 7.48. The monoisotopic (exact) mass is 369 g/mol. The molecule has 0 saturated heterocycles. The lowest BCUT2D eigenvalue weighted by Crippen LogP contribution is -2.43. The Labute approximate surface area is 156 Å². The molecule has 3 heterocycles. The molecular formula is C20H23N3O2S. The zero-order valence-corrected chi connectivity index (χ0v) is 16.1. The van der Waals surface area contributed by atoms with Crippen molar-refractivity contribution in [2.75, 3.05) is 0 Å². The SMILES string of the molecule is Cc1cccn2c(=O)c3cc(C(=O)N[C@@H]4CCC[C@@H](C)[C@@H]4C)sc3nc12. The van der Waals surface area contributed by atoms with Gasteiger partial charge >= 0.3 is 0 Å². The van der Waals surface area contributed by atoms with E-state index < -0.39 is 0 Å². The van der Waals surface area contributed by atoms with Gasteiger partial charge in [-0.2, -0.15) is 0 Å². The number of carbonyl (C=O) groups is 1. The van der Waals surface area contributed by atoms with Gasteiger partial charge in [0.05, 0.1) is 10.3 Å². The van der Waals surface area contributed by atoms with Crippen LogP contribution in [0.1, 0.15) is 48.3 Å². The van der Waals surface area contributed by atoms with E-state index in [1.54, 1.807) is 16.7 Å². The molecule has 136 valence electrons. The van der Waals surface area contributed by atoms with Gasteiger partial charge in [-0.1, -0.05) is 32.8 Å². The third-order valence-corrected chi connectivity index (χ3v) is 6.81. The number of aromatic nitrogens is 2. The van der Waals surface area contributed by atoms with Gasteiger partial charge in [0.2, 0.25) is 0 Å². The highest BCUT2D eigenvalue weighted by atomic mass is 32.1. The Bertz CT molecular complexity index is 1050. The van der Waals surface area contributed by atoms with Crippen molar-refractivity contribution >= 4 is 33.1 Å². The molecule has 3 aromatic heterocycles. The van der Waals surface area contributed by atoms with Crippen molar-refractivity contribution in [3.63, 3.8) is 0 Å². The molecular weight excluding hydrogens is 346 g/mol. The average Bonchev–Trinajstić information content (AvgIpc) is 3.05. The Kier molecular flexibility index (Phi) is 4.31. The highest BCUT2D eigenvalue weighted by Gasteiger charge is 2.29. The number of hydrogen-bond acceptors (Lipinski definition) is 4. The summed E-state index contributed by atoms with van der Waals surface area (Å²) in [6.07, 6.45) is 5.12. The van der Waals surface area contributed by atoms with Gasteiger partial charge in [0.15, 0.2) is 0 Å². The molecule has 3 atom stereocenters. The van der Waals surface area contributed by atoms with E-state index in [0.29, 0.717) is 32.6 Å². The molecule has 0 radical (unpaired) electrons. The molecule has 0 bridgehead atoms. The van der Waals surface area contributed by atoms with E-state index in [1.165, 1.54) is 17.8 Å². The Hall–Kier alpha value is -2.21. The molecule has 1 N–H and O–H groups in total. The van der Waals surface area contributed by atoms with E-state index in [9.17, 15) is 9.59 Å². The molecule has 26 heavy (non-hydrogen) atoms. The van der Waals surface area contributed by atoms with Gasteiger partial charge in [-0.25, -0.2) is 4.98 Å². The molecule has 4 rings (SSSR count). The van der Waals surface area contributed by atoms with E-state index in [0.717, 1.165) is 18.4 Å². The minimum Gasteiger partial charge on any atom is -0.348 e. The smallest absolute Gasteiger partial charge is 0.266 e. The minimum atomic E-state index is -0.122. The fraction of sp³-hybridized carbons (Fsp3) is 0.450. The van der Waals surface area contributed by atoms with Crippen molar-refractivity contribution in [2.45, 2.75) is 46.1 Å². The number of aryl methyl sites for hydroxylation is 1. The van der Waals surface area contributed by atoms with Gasteiger partial charge in [-0.15, -0.1) is 11.3 Å². The molecule has 1 aliphatic rings. The first-order valence-corrected chi connectivity index (χ1v) is 9.99. The van der Waals surface area contributed by atoms with Crippen molar-refractivity contribution in [3.05, 3.63) is 45.2 Å². The molecule has 1 fully saturated rings. The van der Waals surface area contributed by atoms with Gasteiger partial charge in [0.25, 0.3) is 11.5 Å². The van der Waals surface area contributed by atoms with Crippen LogP contribution >= 0.6 is 11.3 Å². The maximum atomic E-state index is 12.8. The van der Waals surface area contributed by atoms with Crippen molar-refractivity contribution in [1.82, 2.24) is 14.7 Å². The molecule has 0 aliphatic heterocycles. The first-order valence-electron chi connectivity index (χ1n) is 9.18. The molecule has 3 aromatic rings. The summed E-state index contributed by atoms with van der Waals surface area (Å²) < 4.78 is 1.55. The topological polar surface area (TPSA) is 63.5 Å². The van der Waals surface area contributed by atoms with Crippen LogP contribution in [0.25, 0.3) is 15.9 Å². The van der Waals surface area contributed by atoms with Gasteiger partial charge in [-0.3, -0.25) is 14.0 Å². The van der Waals surface area contributed by atoms with Crippen LogP contribution in [0.3, 0.4) is 0 Å². The first-order chi connectivity index (χ1) is 12.5. The second-order valence-corrected chi connectivity index (χ2v) is 8.51. The number of thiophene rings is 1. The summed E-state index contributed by atoms with van der Waals surface area (Å²) in [5.74, 6) is 0.997. The van der Waals surface area contributed by atoms with E-state index in [4.69, 9.17) is 0 Å². The molecule has 0 unspecified atom stereocenters. The quantitative estimate of drug-likeness (QED) is 0.748. The normalized spacial score (nSPS) is 23.4. The minimum absolute atomic E-state index is 0.0934. The summed E-state index contributed by atoms with van der Waals surface area (Å²) in [5.41, 5.74) is 1.47. The third-order valence-electron chi connectivity index (χ3n) is 5.78. The van der Waals surface area contributed by atoms with Crippen molar-refractivity contribution < 1.29 is 4.79 Å². The number of carbonyl (C=O) groups excluding carboxylic acids is 1. The Morgan fingerprint density at radius 3 is 2.96 bits per heavy atom. The second kappa shape index (κ2) is 6.50. The van der Waals surface area contributed by atoms with Crippen LogP contribution in [0, 0.1) is 18.8 Å². The van der Waals surface area contributed by atoms with Gasteiger partial charge in [-0.05, 0) is 42.9 Å². The molecule has 6 heteroatoms. The lowest BCUT2D eigenvalue weighted by Gasteiger charge is -2.34. The Balaban J connectivity index is 1.70. The van der Waals surface area contributed by atoms with E-state index in [1.807, 2.05) is 19.1 Å². The molecule has 5 nitrogen and oxygen atoms in total. The largest absolute Gasteiger partial charge is 0.348 e. The summed E-state index contributed by atoms with van der Waals surface area (Å²) in [7, 11) is 0. The Morgan fingerprint density at radius 2 is 2.15 bits per heavy atom.